The van der Waals surface area contributed by atoms with Crippen LogP contribution in [0.2, 0.25) is 0 Å². The van der Waals surface area contributed by atoms with Crippen molar-refractivity contribution in [2.45, 2.75) is 51.2 Å². The van der Waals surface area contributed by atoms with Gasteiger partial charge in [0, 0.05) is 5.56 Å². The lowest BCUT2D eigenvalue weighted by Gasteiger charge is -2.37. The predicted molar refractivity (Wildman–Crippen MR) is 116 cm³/mol. The second-order valence-corrected chi connectivity index (χ2v) is 8.06. The molecule has 1 unspecified atom stereocenters. The van der Waals surface area contributed by atoms with Crippen molar-refractivity contribution in [1.82, 2.24) is 10.6 Å². The summed E-state index contributed by atoms with van der Waals surface area (Å²) in [5.41, 5.74) is 11.9. The second kappa shape index (κ2) is 9.90. The van der Waals surface area contributed by atoms with Crippen LogP contribution in [0.1, 0.15) is 44.6 Å². The molecule has 1 aliphatic heterocycles. The maximum atomic E-state index is 11.6. The Balaban J connectivity index is 1.73. The number of hydrogen-bond acceptors (Lipinski definition) is 6. The number of nitrogens with zero attached hydrogens (tertiary/aromatic N) is 2. The molecule has 1 saturated carbocycles. The van der Waals surface area contributed by atoms with Gasteiger partial charge in [-0.3, -0.25) is 15.8 Å². The number of nitro groups is 1. The van der Waals surface area contributed by atoms with E-state index in [1.54, 1.807) is 0 Å². The molecule has 9 nitrogen and oxygen atoms in total. The Bertz CT molecular complexity index is 804. The fraction of sp³-hybridized carbons (Fsp3) is 0.571. The number of nitrogens with two attached hydrogens (primary N) is 2. The van der Waals surface area contributed by atoms with Crippen LogP contribution >= 0.6 is 0 Å². The average molecular weight is 417 g/mol. The fourth-order valence-electron chi connectivity index (χ4n) is 4.25. The normalized spacial score (nSPS) is 27.7. The van der Waals surface area contributed by atoms with E-state index in [1.165, 1.54) is 6.20 Å². The Labute approximate surface area is 177 Å². The van der Waals surface area contributed by atoms with E-state index in [0.717, 1.165) is 37.0 Å². The number of aliphatic imine (C=N–C) groups is 1. The summed E-state index contributed by atoms with van der Waals surface area (Å²) in [7, 11) is 0. The molecule has 1 atom stereocenters. The zero-order chi connectivity index (χ0) is 21.6. The van der Waals surface area contributed by atoms with Crippen LogP contribution in [-0.2, 0) is 6.54 Å². The monoisotopic (exact) mass is 416 g/mol. The molecule has 30 heavy (non-hydrogen) atoms. The van der Waals surface area contributed by atoms with E-state index in [-0.39, 0.29) is 5.70 Å². The maximum absolute atomic E-state index is 11.6. The van der Waals surface area contributed by atoms with Gasteiger partial charge >= 0.3 is 5.70 Å². The highest BCUT2D eigenvalue weighted by molar-refractivity contribution is 5.83. The van der Waals surface area contributed by atoms with Gasteiger partial charge in [-0.15, -0.1) is 0 Å². The van der Waals surface area contributed by atoms with Crippen molar-refractivity contribution in [3.63, 3.8) is 0 Å². The molecule has 9 heteroatoms. The molecule has 6 N–H and O–H groups in total. The van der Waals surface area contributed by atoms with E-state index >= 15 is 0 Å². The molecule has 1 aliphatic carbocycles. The van der Waals surface area contributed by atoms with Crippen molar-refractivity contribution in [3.05, 3.63) is 51.8 Å². The Kier molecular flexibility index (Phi) is 7.28. The van der Waals surface area contributed by atoms with E-state index in [0.29, 0.717) is 43.9 Å². The highest BCUT2D eigenvalue weighted by atomic mass is 16.6. The quantitative estimate of drug-likeness (QED) is 0.375. The van der Waals surface area contributed by atoms with Crippen molar-refractivity contribution in [2.75, 3.05) is 13.2 Å². The summed E-state index contributed by atoms with van der Waals surface area (Å²) in [5.74, 6) is 2.05. The summed E-state index contributed by atoms with van der Waals surface area (Å²) in [6, 6.07) is 7.68. The molecule has 164 valence electrons. The molecule has 0 radical (unpaired) electrons. The van der Waals surface area contributed by atoms with Crippen molar-refractivity contribution in [3.8, 4) is 5.75 Å². The van der Waals surface area contributed by atoms with Crippen LogP contribution < -0.4 is 26.8 Å². The van der Waals surface area contributed by atoms with Crippen LogP contribution in [0.3, 0.4) is 0 Å². The number of nitrogens with one attached hydrogen (secondary N) is 2. The fourth-order valence-corrected chi connectivity index (χ4v) is 4.25. The minimum Gasteiger partial charge on any atom is -0.494 e. The Hall–Kier alpha value is -2.65. The average Bonchev–Trinajstić information content (AvgIpc) is 2.73. The number of rotatable bonds is 8. The van der Waals surface area contributed by atoms with Gasteiger partial charge < -0.3 is 21.1 Å². The third-order valence-electron chi connectivity index (χ3n) is 5.93. The SMILES string of the molecule is CCOc1ccccc1CN=C1NC=C([N+](=O)[O-])C(N)(CC2CCC(CN)CC2)N1. The third kappa shape index (κ3) is 5.28. The summed E-state index contributed by atoms with van der Waals surface area (Å²) in [5, 5.41) is 17.6. The van der Waals surface area contributed by atoms with Crippen LogP contribution in [0.5, 0.6) is 5.75 Å². The zero-order valence-electron chi connectivity index (χ0n) is 17.5. The Morgan fingerprint density at radius 2 is 1.97 bits per heavy atom. The lowest BCUT2D eigenvalue weighted by atomic mass is 9.77. The molecule has 0 amide bonds. The molecular weight excluding hydrogens is 384 g/mol. The van der Waals surface area contributed by atoms with E-state index in [2.05, 4.69) is 15.6 Å². The van der Waals surface area contributed by atoms with Gasteiger partial charge in [-0.1, -0.05) is 18.2 Å². The van der Waals surface area contributed by atoms with E-state index in [1.807, 2.05) is 31.2 Å². The van der Waals surface area contributed by atoms with Crippen LogP contribution in [0.15, 0.2) is 41.2 Å². The zero-order valence-corrected chi connectivity index (χ0v) is 17.5. The molecule has 0 spiro atoms. The first-order valence-electron chi connectivity index (χ1n) is 10.6. The summed E-state index contributed by atoms with van der Waals surface area (Å²) in [6.45, 7) is 3.56. The minimum atomic E-state index is -1.27. The summed E-state index contributed by atoms with van der Waals surface area (Å²) >= 11 is 0. The van der Waals surface area contributed by atoms with Gasteiger partial charge in [0.25, 0.3) is 0 Å². The van der Waals surface area contributed by atoms with Gasteiger partial charge in [-0.25, -0.2) is 4.99 Å². The number of ether oxygens (including phenoxy) is 1. The molecule has 1 heterocycles. The van der Waals surface area contributed by atoms with Gasteiger partial charge in [0.1, 0.15) is 5.75 Å². The minimum absolute atomic E-state index is 0.0721. The van der Waals surface area contributed by atoms with Crippen LogP contribution in [0, 0.1) is 22.0 Å². The molecule has 1 fully saturated rings. The van der Waals surface area contributed by atoms with Crippen molar-refractivity contribution >= 4 is 5.96 Å². The standard InChI is InChI=1S/C21H32N6O3/c1-2-30-18-6-4-3-5-17(18)13-24-20-25-14-19(27(28)29)21(23,26-20)11-15-7-9-16(12-22)10-8-15/h3-6,14-16H,2,7-13,22-23H2,1H3,(H2,24,25,26). The van der Waals surface area contributed by atoms with E-state index < -0.39 is 10.6 Å². The highest BCUT2D eigenvalue weighted by Gasteiger charge is 2.44. The first-order chi connectivity index (χ1) is 14.4. The number of para-hydroxylation sites is 1. The number of benzene rings is 1. The maximum Gasteiger partial charge on any atom is 0.301 e. The predicted octanol–water partition coefficient (Wildman–Crippen LogP) is 2.06. The molecular formula is C21H32N6O3. The van der Waals surface area contributed by atoms with Crippen molar-refractivity contribution < 1.29 is 9.66 Å². The van der Waals surface area contributed by atoms with Gasteiger partial charge in [0.2, 0.25) is 0 Å². The first-order valence-corrected chi connectivity index (χ1v) is 10.6. The summed E-state index contributed by atoms with van der Waals surface area (Å²) in [6.07, 6.45) is 5.89. The van der Waals surface area contributed by atoms with Crippen LogP contribution in [-0.4, -0.2) is 29.7 Å². The smallest absolute Gasteiger partial charge is 0.301 e. The van der Waals surface area contributed by atoms with Gasteiger partial charge in [-0.05, 0) is 63.5 Å². The summed E-state index contributed by atoms with van der Waals surface area (Å²) < 4.78 is 5.64. The van der Waals surface area contributed by atoms with Gasteiger partial charge in [0.15, 0.2) is 11.6 Å². The summed E-state index contributed by atoms with van der Waals surface area (Å²) in [4.78, 5) is 15.7. The molecule has 1 aromatic carbocycles. The van der Waals surface area contributed by atoms with Gasteiger partial charge in [0.05, 0.1) is 24.3 Å². The largest absolute Gasteiger partial charge is 0.494 e. The van der Waals surface area contributed by atoms with E-state index in [4.69, 9.17) is 16.2 Å². The van der Waals surface area contributed by atoms with Crippen LogP contribution in [0.25, 0.3) is 0 Å². The molecule has 1 aromatic rings. The highest BCUT2D eigenvalue weighted by Crippen LogP contribution is 2.34. The number of hydrogen-bond donors (Lipinski definition) is 4. The van der Waals surface area contributed by atoms with Gasteiger partial charge in [-0.2, -0.15) is 0 Å². The molecule has 0 aromatic heterocycles. The lowest BCUT2D eigenvalue weighted by Crippen LogP contribution is -2.64. The lowest BCUT2D eigenvalue weighted by molar-refractivity contribution is -0.437. The molecule has 0 saturated heterocycles. The third-order valence-corrected chi connectivity index (χ3v) is 5.93. The van der Waals surface area contributed by atoms with Crippen molar-refractivity contribution in [2.24, 2.45) is 28.3 Å². The van der Waals surface area contributed by atoms with Crippen molar-refractivity contribution in [1.29, 1.82) is 0 Å². The molecule has 0 bridgehead atoms. The Morgan fingerprint density at radius 1 is 1.27 bits per heavy atom. The van der Waals surface area contributed by atoms with Crippen LogP contribution in [0.4, 0.5) is 0 Å². The number of guanidine groups is 1. The Morgan fingerprint density at radius 3 is 2.63 bits per heavy atom. The molecule has 2 aliphatic rings. The topological polar surface area (TPSA) is 141 Å². The molecule has 3 rings (SSSR count). The van der Waals surface area contributed by atoms with E-state index in [9.17, 15) is 10.1 Å². The second-order valence-electron chi connectivity index (χ2n) is 8.06. The first kappa shape index (κ1) is 22.0.